The summed E-state index contributed by atoms with van der Waals surface area (Å²) >= 11 is 0. The number of aliphatic hydroxyl groups is 1. The Kier molecular flexibility index (Phi) is 3.39. The van der Waals surface area contributed by atoms with E-state index in [-0.39, 0.29) is 5.54 Å². The molecule has 3 fully saturated rings. The van der Waals surface area contributed by atoms with Gasteiger partial charge in [-0.15, -0.1) is 0 Å². The zero-order valence-electron chi connectivity index (χ0n) is 10.7. The Hall–Kier alpha value is -0.160. The van der Waals surface area contributed by atoms with E-state index in [1.54, 1.807) is 0 Å². The normalized spacial score (nSPS) is 43.6. The van der Waals surface area contributed by atoms with Crippen molar-refractivity contribution in [2.45, 2.75) is 24.8 Å². The molecule has 2 N–H and O–H groups in total. The van der Waals surface area contributed by atoms with Crippen molar-refractivity contribution in [3.8, 4) is 0 Å². The van der Waals surface area contributed by atoms with Gasteiger partial charge in [-0.3, -0.25) is 4.90 Å². The molecule has 0 aromatic rings. The largest absolute Gasteiger partial charge is 0.394 e. The summed E-state index contributed by atoms with van der Waals surface area (Å²) in [6.07, 6.45) is 3.66. The molecule has 3 heterocycles. The SMILES string of the molecule is OCC1(N2CCCNCC2)CCN2CCC1C2. The molecule has 3 unspecified atom stereocenters. The number of nitrogens with zero attached hydrogens (tertiary/aromatic N) is 2. The Morgan fingerprint density at radius 3 is 3.00 bits per heavy atom. The maximum absolute atomic E-state index is 10.0. The van der Waals surface area contributed by atoms with E-state index in [1.165, 1.54) is 32.5 Å². The fourth-order valence-corrected chi connectivity index (χ4v) is 4.05. The first kappa shape index (κ1) is 11.9. The fraction of sp³-hybridized carbons (Fsp3) is 1.00. The highest BCUT2D eigenvalue weighted by atomic mass is 16.3. The average Bonchev–Trinajstić information content (AvgIpc) is 2.60. The van der Waals surface area contributed by atoms with Crippen LogP contribution in [0.1, 0.15) is 19.3 Å². The van der Waals surface area contributed by atoms with Crippen LogP contribution in [0.2, 0.25) is 0 Å². The molecule has 3 saturated heterocycles. The van der Waals surface area contributed by atoms with Crippen molar-refractivity contribution >= 4 is 0 Å². The van der Waals surface area contributed by atoms with Crippen LogP contribution in [0.4, 0.5) is 0 Å². The number of hydrogen-bond acceptors (Lipinski definition) is 4. The molecule has 98 valence electrons. The van der Waals surface area contributed by atoms with Crippen LogP contribution in [0.5, 0.6) is 0 Å². The molecule has 0 radical (unpaired) electrons. The van der Waals surface area contributed by atoms with E-state index in [9.17, 15) is 5.11 Å². The molecule has 0 aliphatic carbocycles. The summed E-state index contributed by atoms with van der Waals surface area (Å²) in [6.45, 7) is 8.48. The smallest absolute Gasteiger partial charge is 0.0619 e. The first-order valence-electron chi connectivity index (χ1n) is 7.14. The minimum Gasteiger partial charge on any atom is -0.394 e. The summed E-state index contributed by atoms with van der Waals surface area (Å²) in [5.74, 6) is 0.694. The second-order valence-electron chi connectivity index (χ2n) is 5.89. The van der Waals surface area contributed by atoms with Crippen LogP contribution < -0.4 is 5.32 Å². The number of nitrogens with one attached hydrogen (secondary N) is 1. The van der Waals surface area contributed by atoms with Crippen molar-refractivity contribution in [3.63, 3.8) is 0 Å². The van der Waals surface area contributed by atoms with Gasteiger partial charge in [-0.2, -0.15) is 0 Å². The summed E-state index contributed by atoms with van der Waals surface area (Å²) < 4.78 is 0. The van der Waals surface area contributed by atoms with Gasteiger partial charge in [-0.1, -0.05) is 0 Å². The Morgan fingerprint density at radius 2 is 2.12 bits per heavy atom. The minimum absolute atomic E-state index is 0.0963. The molecule has 4 heteroatoms. The van der Waals surface area contributed by atoms with Crippen molar-refractivity contribution in [2.75, 3.05) is 52.4 Å². The van der Waals surface area contributed by atoms with E-state index in [2.05, 4.69) is 15.1 Å². The highest BCUT2D eigenvalue weighted by Crippen LogP contribution is 2.39. The third-order valence-electron chi connectivity index (χ3n) is 5.14. The van der Waals surface area contributed by atoms with Crippen LogP contribution in [0, 0.1) is 5.92 Å². The third kappa shape index (κ3) is 2.01. The quantitative estimate of drug-likeness (QED) is 0.696. The van der Waals surface area contributed by atoms with Crippen LogP contribution >= 0.6 is 0 Å². The van der Waals surface area contributed by atoms with Gasteiger partial charge in [0.2, 0.25) is 0 Å². The van der Waals surface area contributed by atoms with E-state index in [0.717, 1.165) is 32.6 Å². The van der Waals surface area contributed by atoms with Crippen LogP contribution in [-0.4, -0.2) is 72.9 Å². The van der Waals surface area contributed by atoms with E-state index >= 15 is 0 Å². The van der Waals surface area contributed by atoms with Crippen molar-refractivity contribution in [3.05, 3.63) is 0 Å². The Balaban J connectivity index is 1.79. The number of rotatable bonds is 2. The van der Waals surface area contributed by atoms with Crippen molar-refractivity contribution in [1.82, 2.24) is 15.1 Å². The van der Waals surface area contributed by atoms with Gasteiger partial charge in [-0.25, -0.2) is 0 Å². The van der Waals surface area contributed by atoms with Gasteiger partial charge in [0.1, 0.15) is 0 Å². The van der Waals surface area contributed by atoms with E-state index in [4.69, 9.17) is 0 Å². The summed E-state index contributed by atoms with van der Waals surface area (Å²) in [5, 5.41) is 13.5. The number of piperidine rings is 1. The molecule has 3 rings (SSSR count). The molecule has 17 heavy (non-hydrogen) atoms. The molecule has 4 nitrogen and oxygen atoms in total. The Morgan fingerprint density at radius 1 is 1.18 bits per heavy atom. The number of fused-ring (bicyclic) bond motifs is 2. The molecule has 0 aromatic heterocycles. The molecule has 3 aliphatic heterocycles. The third-order valence-corrected chi connectivity index (χ3v) is 5.14. The predicted octanol–water partition coefficient (Wildman–Crippen LogP) is -0.262. The van der Waals surface area contributed by atoms with Gasteiger partial charge in [0.15, 0.2) is 0 Å². The monoisotopic (exact) mass is 239 g/mol. The van der Waals surface area contributed by atoms with Gasteiger partial charge >= 0.3 is 0 Å². The van der Waals surface area contributed by atoms with Crippen LogP contribution in [-0.2, 0) is 0 Å². The summed E-state index contributed by atoms with van der Waals surface area (Å²) in [7, 11) is 0. The molecule has 2 bridgehead atoms. The summed E-state index contributed by atoms with van der Waals surface area (Å²) in [6, 6.07) is 0. The van der Waals surface area contributed by atoms with Gasteiger partial charge in [0.05, 0.1) is 6.61 Å². The maximum atomic E-state index is 10.0. The molecule has 0 saturated carbocycles. The zero-order valence-corrected chi connectivity index (χ0v) is 10.7. The van der Waals surface area contributed by atoms with Gasteiger partial charge in [0, 0.05) is 38.3 Å². The predicted molar refractivity (Wildman–Crippen MR) is 68.0 cm³/mol. The molecule has 0 amide bonds. The Bertz CT molecular complexity index is 265. The lowest BCUT2D eigenvalue weighted by Crippen LogP contribution is -2.61. The maximum Gasteiger partial charge on any atom is 0.0619 e. The van der Waals surface area contributed by atoms with Crippen LogP contribution in [0.15, 0.2) is 0 Å². The first-order valence-corrected chi connectivity index (χ1v) is 7.14. The minimum atomic E-state index is 0.0963. The van der Waals surface area contributed by atoms with Crippen molar-refractivity contribution in [1.29, 1.82) is 0 Å². The second kappa shape index (κ2) is 4.84. The van der Waals surface area contributed by atoms with Gasteiger partial charge < -0.3 is 15.3 Å². The van der Waals surface area contributed by atoms with Crippen LogP contribution in [0.25, 0.3) is 0 Å². The fourth-order valence-electron chi connectivity index (χ4n) is 4.05. The Labute approximate surface area is 104 Å². The topological polar surface area (TPSA) is 38.7 Å². The van der Waals surface area contributed by atoms with Crippen molar-refractivity contribution < 1.29 is 5.11 Å². The molecule has 3 aliphatic rings. The highest BCUT2D eigenvalue weighted by molar-refractivity contribution is 5.04. The molecular weight excluding hydrogens is 214 g/mol. The lowest BCUT2D eigenvalue weighted by atomic mass is 9.77. The van der Waals surface area contributed by atoms with E-state index in [1.807, 2.05) is 0 Å². The summed E-state index contributed by atoms with van der Waals surface area (Å²) in [4.78, 5) is 5.16. The standard InChI is InChI=1S/C13H25N3O/c17-11-13(16-6-1-4-14-5-9-16)3-8-15-7-2-12(13)10-15/h12,14,17H,1-11H2. The highest BCUT2D eigenvalue weighted by Gasteiger charge is 2.49. The first-order chi connectivity index (χ1) is 8.35. The number of aliphatic hydroxyl groups excluding tert-OH is 1. The van der Waals surface area contributed by atoms with Gasteiger partial charge in [0.25, 0.3) is 0 Å². The van der Waals surface area contributed by atoms with E-state index < -0.39 is 0 Å². The lowest BCUT2D eigenvalue weighted by Gasteiger charge is -2.49. The molecule has 0 spiro atoms. The van der Waals surface area contributed by atoms with E-state index in [0.29, 0.717) is 12.5 Å². The summed E-state index contributed by atoms with van der Waals surface area (Å²) in [5.41, 5.74) is 0.0963. The lowest BCUT2D eigenvalue weighted by molar-refractivity contribution is -0.0355. The average molecular weight is 239 g/mol. The van der Waals surface area contributed by atoms with Crippen molar-refractivity contribution in [2.24, 2.45) is 5.92 Å². The van der Waals surface area contributed by atoms with Gasteiger partial charge in [-0.05, 0) is 38.3 Å². The zero-order chi connectivity index (χ0) is 11.7. The molecular formula is C13H25N3O. The molecule has 0 aromatic carbocycles. The second-order valence-corrected chi connectivity index (χ2v) is 5.89. The van der Waals surface area contributed by atoms with Crippen LogP contribution in [0.3, 0.4) is 0 Å². The molecule has 3 atom stereocenters. The number of hydrogen-bond donors (Lipinski definition) is 2.